The Morgan fingerprint density at radius 3 is 2.71 bits per heavy atom. The largest absolute Gasteiger partial charge is 0.353 e. The topological polar surface area (TPSA) is 45.8 Å². The molecule has 5 rings (SSSR count). The van der Waals surface area contributed by atoms with Gasteiger partial charge in [-0.3, -0.25) is 9.78 Å². The molecule has 1 fully saturated rings. The molecule has 2 heterocycles. The lowest BCUT2D eigenvalue weighted by atomic mass is 9.64. The van der Waals surface area contributed by atoms with E-state index in [0.29, 0.717) is 12.2 Å². The molecule has 122 valence electrons. The first-order valence-corrected chi connectivity index (χ1v) is 9.10. The quantitative estimate of drug-likeness (QED) is 0.626. The fraction of sp³-hybridized carbons (Fsp3) is 0.429. The molecule has 2 aromatic heterocycles. The van der Waals surface area contributed by atoms with Gasteiger partial charge in [-0.15, -0.1) is 0 Å². The average molecular weight is 318 g/mol. The second kappa shape index (κ2) is 4.92. The molecule has 0 atom stereocenters. The number of hydrogen-bond donors (Lipinski definition) is 1. The predicted octanol–water partition coefficient (Wildman–Crippen LogP) is 5.10. The molecule has 1 aromatic carbocycles. The second-order valence-electron chi connectivity index (χ2n) is 7.78. The fourth-order valence-electron chi connectivity index (χ4n) is 5.06. The van der Waals surface area contributed by atoms with Crippen molar-refractivity contribution in [2.24, 2.45) is 5.41 Å². The van der Waals surface area contributed by atoms with Crippen LogP contribution in [0.1, 0.15) is 60.3 Å². The highest BCUT2D eigenvalue weighted by Crippen LogP contribution is 2.47. The number of rotatable bonds is 0. The third kappa shape index (κ3) is 1.90. The van der Waals surface area contributed by atoms with Crippen molar-refractivity contribution < 1.29 is 4.79 Å². The van der Waals surface area contributed by atoms with Crippen molar-refractivity contribution in [3.63, 3.8) is 0 Å². The van der Waals surface area contributed by atoms with E-state index in [2.05, 4.69) is 24.0 Å². The summed E-state index contributed by atoms with van der Waals surface area (Å²) in [6.07, 6.45) is 7.89. The van der Waals surface area contributed by atoms with Crippen LogP contribution in [0.15, 0.2) is 24.3 Å². The van der Waals surface area contributed by atoms with Crippen molar-refractivity contribution in [3.05, 3.63) is 41.2 Å². The molecule has 3 aromatic rings. The summed E-state index contributed by atoms with van der Waals surface area (Å²) in [4.78, 5) is 21.5. The first-order chi connectivity index (χ1) is 11.7. The minimum absolute atomic E-state index is 0.182. The van der Waals surface area contributed by atoms with Gasteiger partial charge in [0.2, 0.25) is 0 Å². The number of aromatic nitrogens is 2. The molecule has 0 unspecified atom stereocenters. The summed E-state index contributed by atoms with van der Waals surface area (Å²) < 4.78 is 0. The number of nitrogens with zero attached hydrogens (tertiary/aromatic N) is 1. The maximum absolute atomic E-state index is 13.2. The Morgan fingerprint density at radius 1 is 1.08 bits per heavy atom. The Labute approximate surface area is 141 Å². The summed E-state index contributed by atoms with van der Waals surface area (Å²) in [5.41, 5.74) is 5.26. The number of carbonyl (C=O) groups is 1. The molecule has 0 saturated heterocycles. The zero-order valence-electron chi connectivity index (χ0n) is 14.1. The second-order valence-corrected chi connectivity index (χ2v) is 7.78. The Hall–Kier alpha value is -2.16. The molecule has 2 aliphatic carbocycles. The van der Waals surface area contributed by atoms with E-state index in [9.17, 15) is 4.79 Å². The molecule has 3 nitrogen and oxygen atoms in total. The van der Waals surface area contributed by atoms with E-state index in [1.807, 2.05) is 12.1 Å². The van der Waals surface area contributed by atoms with Gasteiger partial charge in [0.1, 0.15) is 0 Å². The number of Topliss-reactive ketones (excluding diaryl/α,β-unsaturated/α-hetero) is 1. The molecular formula is C21H22N2O. The zero-order chi connectivity index (χ0) is 16.3. The summed E-state index contributed by atoms with van der Waals surface area (Å²) in [6, 6.07) is 8.28. The molecule has 0 bridgehead atoms. The normalized spacial score (nSPS) is 20.0. The highest BCUT2D eigenvalue weighted by Gasteiger charge is 2.41. The Bertz CT molecular complexity index is 976. The Kier molecular flexibility index (Phi) is 2.91. The van der Waals surface area contributed by atoms with E-state index in [-0.39, 0.29) is 5.41 Å². The monoisotopic (exact) mass is 318 g/mol. The van der Waals surface area contributed by atoms with Crippen molar-refractivity contribution >= 4 is 27.6 Å². The average Bonchev–Trinajstić information content (AvgIpc) is 2.95. The molecule has 1 spiro atoms. The SMILES string of the molecule is Cc1nc2c(c3c1[nH]c1ccccc13)C(=O)CC1(CCCCC1)C2. The van der Waals surface area contributed by atoms with Crippen LogP contribution in [0, 0.1) is 12.3 Å². The highest BCUT2D eigenvalue weighted by molar-refractivity contribution is 6.19. The lowest BCUT2D eigenvalue weighted by molar-refractivity contribution is 0.0820. The number of pyridine rings is 1. The highest BCUT2D eigenvalue weighted by atomic mass is 16.1. The van der Waals surface area contributed by atoms with Crippen LogP contribution >= 0.6 is 0 Å². The molecule has 1 N–H and O–H groups in total. The maximum atomic E-state index is 13.2. The first-order valence-electron chi connectivity index (χ1n) is 9.10. The van der Waals surface area contributed by atoms with Crippen molar-refractivity contribution in [2.45, 2.75) is 51.9 Å². The molecule has 0 radical (unpaired) electrons. The number of aromatic amines is 1. The summed E-state index contributed by atoms with van der Waals surface area (Å²) in [5, 5.41) is 2.26. The van der Waals surface area contributed by atoms with E-state index in [1.165, 1.54) is 32.1 Å². The summed E-state index contributed by atoms with van der Waals surface area (Å²) in [6.45, 7) is 2.06. The van der Waals surface area contributed by atoms with Crippen LogP contribution in [0.2, 0.25) is 0 Å². The molecule has 24 heavy (non-hydrogen) atoms. The zero-order valence-corrected chi connectivity index (χ0v) is 14.1. The molecular weight excluding hydrogens is 296 g/mol. The van der Waals surface area contributed by atoms with Crippen LogP contribution in [-0.2, 0) is 6.42 Å². The van der Waals surface area contributed by atoms with E-state index in [0.717, 1.165) is 45.2 Å². The standard InChI is InChI=1S/C21H22N2O/c1-13-20-18(14-7-3-4-8-15(14)23-20)19-16(22-13)11-21(12-17(19)24)9-5-2-6-10-21/h3-4,7-8,23H,2,5-6,9-12H2,1H3. The van der Waals surface area contributed by atoms with Crippen molar-refractivity contribution in [1.29, 1.82) is 0 Å². The van der Waals surface area contributed by atoms with E-state index in [1.54, 1.807) is 0 Å². The molecule has 1 saturated carbocycles. The van der Waals surface area contributed by atoms with Crippen LogP contribution in [0.4, 0.5) is 0 Å². The van der Waals surface area contributed by atoms with Crippen LogP contribution < -0.4 is 0 Å². The van der Waals surface area contributed by atoms with Gasteiger partial charge >= 0.3 is 0 Å². The van der Waals surface area contributed by atoms with Crippen molar-refractivity contribution in [3.8, 4) is 0 Å². The van der Waals surface area contributed by atoms with E-state index >= 15 is 0 Å². The van der Waals surface area contributed by atoms with E-state index < -0.39 is 0 Å². The summed E-state index contributed by atoms with van der Waals surface area (Å²) >= 11 is 0. The molecule has 3 heteroatoms. The number of hydrogen-bond acceptors (Lipinski definition) is 2. The van der Waals surface area contributed by atoms with Gasteiger partial charge < -0.3 is 4.98 Å². The van der Waals surface area contributed by atoms with Crippen LogP contribution in [0.5, 0.6) is 0 Å². The summed E-state index contributed by atoms with van der Waals surface area (Å²) in [7, 11) is 0. The Morgan fingerprint density at radius 2 is 1.88 bits per heavy atom. The lowest BCUT2D eigenvalue weighted by Gasteiger charge is -2.40. The summed E-state index contributed by atoms with van der Waals surface area (Å²) in [5.74, 6) is 0.306. The number of carbonyl (C=O) groups excluding carboxylic acids is 1. The van der Waals surface area contributed by atoms with Gasteiger partial charge in [0.15, 0.2) is 5.78 Å². The molecule has 0 amide bonds. The van der Waals surface area contributed by atoms with Gasteiger partial charge in [0, 0.05) is 28.3 Å². The number of benzene rings is 1. The smallest absolute Gasteiger partial charge is 0.165 e. The predicted molar refractivity (Wildman–Crippen MR) is 96.5 cm³/mol. The molecule has 2 aliphatic rings. The van der Waals surface area contributed by atoms with Crippen LogP contribution in [0.3, 0.4) is 0 Å². The third-order valence-corrected chi connectivity index (χ3v) is 6.18. The maximum Gasteiger partial charge on any atom is 0.165 e. The minimum atomic E-state index is 0.182. The van der Waals surface area contributed by atoms with Gasteiger partial charge in [-0.25, -0.2) is 0 Å². The lowest BCUT2D eigenvalue weighted by Crippen LogP contribution is -2.35. The minimum Gasteiger partial charge on any atom is -0.353 e. The third-order valence-electron chi connectivity index (χ3n) is 6.18. The van der Waals surface area contributed by atoms with Gasteiger partial charge in [-0.05, 0) is 37.7 Å². The number of para-hydroxylation sites is 1. The van der Waals surface area contributed by atoms with Gasteiger partial charge in [0.05, 0.1) is 16.9 Å². The van der Waals surface area contributed by atoms with Crippen molar-refractivity contribution in [2.75, 3.05) is 0 Å². The number of aryl methyl sites for hydroxylation is 1. The number of H-pyrrole nitrogens is 1. The van der Waals surface area contributed by atoms with Crippen LogP contribution in [-0.4, -0.2) is 15.8 Å². The number of nitrogens with one attached hydrogen (secondary N) is 1. The Balaban J connectivity index is 1.79. The van der Waals surface area contributed by atoms with E-state index in [4.69, 9.17) is 4.98 Å². The van der Waals surface area contributed by atoms with Gasteiger partial charge in [-0.1, -0.05) is 37.5 Å². The number of ketones is 1. The van der Waals surface area contributed by atoms with Gasteiger partial charge in [-0.2, -0.15) is 0 Å². The van der Waals surface area contributed by atoms with Crippen LogP contribution in [0.25, 0.3) is 21.8 Å². The first kappa shape index (κ1) is 14.2. The fourth-order valence-corrected chi connectivity index (χ4v) is 5.06. The van der Waals surface area contributed by atoms with Crippen molar-refractivity contribution in [1.82, 2.24) is 9.97 Å². The molecule has 0 aliphatic heterocycles. The number of fused-ring (bicyclic) bond motifs is 5. The van der Waals surface area contributed by atoms with Gasteiger partial charge in [0.25, 0.3) is 0 Å².